The zero-order valence-electron chi connectivity index (χ0n) is 11.6. The van der Waals surface area contributed by atoms with E-state index in [4.69, 9.17) is 0 Å². The lowest BCUT2D eigenvalue weighted by Gasteiger charge is -2.25. The second kappa shape index (κ2) is 5.72. The molecule has 3 heteroatoms. The normalized spacial score (nSPS) is 15.4. The second-order valence-corrected chi connectivity index (χ2v) is 5.69. The quantitative estimate of drug-likeness (QED) is 0.755. The fourth-order valence-electron chi connectivity index (χ4n) is 1.86. The molecule has 0 spiro atoms. The predicted octanol–water partition coefficient (Wildman–Crippen LogP) is 2.72. The van der Waals surface area contributed by atoms with E-state index in [0.29, 0.717) is 12.2 Å². The Balaban J connectivity index is 2.60. The molecule has 3 nitrogen and oxygen atoms in total. The molecule has 0 aliphatic heterocycles. The molecule has 0 saturated heterocycles. The molecule has 1 rings (SSSR count). The third kappa shape index (κ3) is 4.00. The molecule has 18 heavy (non-hydrogen) atoms. The minimum Gasteiger partial charge on any atom is -0.508 e. The standard InChI is InChI=1S/C15H24O3/c1-10(6-8-14(17)15(3,4)18)12-7-5-11(2)13(16)9-12/h5,7,9-10,14,16-18H,6,8H2,1-4H3. The van der Waals surface area contributed by atoms with Gasteiger partial charge < -0.3 is 15.3 Å². The summed E-state index contributed by atoms with van der Waals surface area (Å²) >= 11 is 0. The Bertz CT molecular complexity index is 393. The van der Waals surface area contributed by atoms with E-state index in [0.717, 1.165) is 17.5 Å². The number of phenolic OH excluding ortho intramolecular Hbond substituents is 1. The van der Waals surface area contributed by atoms with Crippen LogP contribution in [0.25, 0.3) is 0 Å². The maximum Gasteiger partial charge on any atom is 0.118 e. The van der Waals surface area contributed by atoms with Gasteiger partial charge in [0.25, 0.3) is 0 Å². The minimum absolute atomic E-state index is 0.244. The highest BCUT2D eigenvalue weighted by Crippen LogP contribution is 2.27. The van der Waals surface area contributed by atoms with E-state index < -0.39 is 11.7 Å². The number of phenols is 1. The van der Waals surface area contributed by atoms with Gasteiger partial charge in [0.2, 0.25) is 0 Å². The highest BCUT2D eigenvalue weighted by Gasteiger charge is 2.24. The number of aliphatic hydroxyl groups excluding tert-OH is 1. The zero-order chi connectivity index (χ0) is 13.9. The Morgan fingerprint density at radius 1 is 1.22 bits per heavy atom. The molecule has 0 fully saturated rings. The summed E-state index contributed by atoms with van der Waals surface area (Å²) in [5.41, 5.74) is 0.860. The summed E-state index contributed by atoms with van der Waals surface area (Å²) in [6.45, 7) is 7.14. The summed E-state index contributed by atoms with van der Waals surface area (Å²) in [4.78, 5) is 0. The van der Waals surface area contributed by atoms with Crippen molar-refractivity contribution in [1.29, 1.82) is 0 Å². The van der Waals surface area contributed by atoms with Crippen molar-refractivity contribution in [2.75, 3.05) is 0 Å². The Kier molecular flexibility index (Phi) is 4.77. The van der Waals surface area contributed by atoms with Gasteiger partial charge >= 0.3 is 0 Å². The number of aromatic hydroxyl groups is 1. The van der Waals surface area contributed by atoms with Crippen molar-refractivity contribution in [2.45, 2.75) is 58.2 Å². The topological polar surface area (TPSA) is 60.7 Å². The van der Waals surface area contributed by atoms with Crippen LogP contribution >= 0.6 is 0 Å². The van der Waals surface area contributed by atoms with E-state index in [1.807, 2.05) is 19.1 Å². The fourth-order valence-corrected chi connectivity index (χ4v) is 1.86. The summed E-state index contributed by atoms with van der Waals surface area (Å²) in [5, 5.41) is 29.1. The maximum atomic E-state index is 9.78. The van der Waals surface area contributed by atoms with Crippen LogP contribution in [-0.4, -0.2) is 27.0 Å². The first-order chi connectivity index (χ1) is 8.21. The summed E-state index contributed by atoms with van der Waals surface area (Å²) in [6, 6.07) is 5.67. The first kappa shape index (κ1) is 15.0. The molecule has 0 aromatic heterocycles. The lowest BCUT2D eigenvalue weighted by atomic mass is 9.90. The molecular weight excluding hydrogens is 228 g/mol. The Morgan fingerprint density at radius 3 is 2.33 bits per heavy atom. The molecule has 0 aliphatic carbocycles. The molecule has 2 unspecified atom stereocenters. The third-order valence-electron chi connectivity index (χ3n) is 3.49. The Morgan fingerprint density at radius 2 is 1.83 bits per heavy atom. The van der Waals surface area contributed by atoms with Crippen LogP contribution in [0.1, 0.15) is 50.7 Å². The number of hydrogen-bond donors (Lipinski definition) is 3. The van der Waals surface area contributed by atoms with E-state index in [9.17, 15) is 15.3 Å². The molecule has 0 saturated carbocycles. The second-order valence-electron chi connectivity index (χ2n) is 5.69. The first-order valence-electron chi connectivity index (χ1n) is 6.41. The van der Waals surface area contributed by atoms with E-state index in [1.165, 1.54) is 0 Å². The lowest BCUT2D eigenvalue weighted by molar-refractivity contribution is -0.0525. The predicted molar refractivity (Wildman–Crippen MR) is 72.8 cm³/mol. The Hall–Kier alpha value is -1.06. The van der Waals surface area contributed by atoms with Crippen LogP contribution in [-0.2, 0) is 0 Å². The number of aliphatic hydroxyl groups is 2. The molecule has 1 aromatic rings. The number of rotatable bonds is 5. The average Bonchev–Trinajstić information content (AvgIpc) is 2.27. The van der Waals surface area contributed by atoms with Gasteiger partial charge in [0.1, 0.15) is 5.75 Å². The molecule has 1 aromatic carbocycles. The van der Waals surface area contributed by atoms with Gasteiger partial charge in [-0.3, -0.25) is 0 Å². The van der Waals surface area contributed by atoms with Crippen molar-refractivity contribution in [3.05, 3.63) is 29.3 Å². The van der Waals surface area contributed by atoms with Crippen molar-refractivity contribution < 1.29 is 15.3 Å². The molecule has 0 radical (unpaired) electrons. The molecule has 0 amide bonds. The largest absolute Gasteiger partial charge is 0.508 e. The van der Waals surface area contributed by atoms with Gasteiger partial charge in [-0.05, 0) is 56.7 Å². The highest BCUT2D eigenvalue weighted by molar-refractivity contribution is 5.36. The molecule has 0 bridgehead atoms. The van der Waals surface area contributed by atoms with Gasteiger partial charge in [-0.25, -0.2) is 0 Å². The van der Waals surface area contributed by atoms with Gasteiger partial charge in [-0.15, -0.1) is 0 Å². The van der Waals surface area contributed by atoms with E-state index in [2.05, 4.69) is 6.92 Å². The van der Waals surface area contributed by atoms with Gasteiger partial charge in [0.15, 0.2) is 0 Å². The van der Waals surface area contributed by atoms with Crippen LogP contribution in [0.5, 0.6) is 5.75 Å². The third-order valence-corrected chi connectivity index (χ3v) is 3.49. The maximum absolute atomic E-state index is 9.78. The molecule has 102 valence electrons. The van der Waals surface area contributed by atoms with Crippen LogP contribution in [0.2, 0.25) is 0 Å². The van der Waals surface area contributed by atoms with Gasteiger partial charge in [0.05, 0.1) is 11.7 Å². The van der Waals surface area contributed by atoms with Crippen LogP contribution in [0.3, 0.4) is 0 Å². The first-order valence-corrected chi connectivity index (χ1v) is 6.41. The molecule has 0 aliphatic rings. The van der Waals surface area contributed by atoms with E-state index in [-0.39, 0.29) is 5.92 Å². The van der Waals surface area contributed by atoms with Gasteiger partial charge in [-0.1, -0.05) is 19.1 Å². The van der Waals surface area contributed by atoms with Crippen LogP contribution in [0, 0.1) is 6.92 Å². The molecular formula is C15H24O3. The van der Waals surface area contributed by atoms with Gasteiger partial charge in [-0.2, -0.15) is 0 Å². The van der Waals surface area contributed by atoms with Crippen LogP contribution in [0.4, 0.5) is 0 Å². The summed E-state index contributed by atoms with van der Waals surface area (Å²) < 4.78 is 0. The number of hydrogen-bond acceptors (Lipinski definition) is 3. The van der Waals surface area contributed by atoms with Crippen LogP contribution < -0.4 is 0 Å². The molecule has 0 heterocycles. The van der Waals surface area contributed by atoms with Crippen molar-refractivity contribution in [3.63, 3.8) is 0 Å². The number of aryl methyl sites for hydroxylation is 1. The fraction of sp³-hybridized carbons (Fsp3) is 0.600. The minimum atomic E-state index is -1.06. The average molecular weight is 252 g/mol. The lowest BCUT2D eigenvalue weighted by Crippen LogP contribution is -2.35. The van der Waals surface area contributed by atoms with Gasteiger partial charge in [0, 0.05) is 0 Å². The monoisotopic (exact) mass is 252 g/mol. The molecule has 2 atom stereocenters. The van der Waals surface area contributed by atoms with Crippen molar-refractivity contribution in [1.82, 2.24) is 0 Å². The number of benzene rings is 1. The van der Waals surface area contributed by atoms with Crippen molar-refractivity contribution in [3.8, 4) is 5.75 Å². The van der Waals surface area contributed by atoms with Crippen LogP contribution in [0.15, 0.2) is 18.2 Å². The van der Waals surface area contributed by atoms with E-state index in [1.54, 1.807) is 19.9 Å². The zero-order valence-corrected chi connectivity index (χ0v) is 11.6. The SMILES string of the molecule is Cc1ccc(C(C)CCC(O)C(C)(C)O)cc1O. The smallest absolute Gasteiger partial charge is 0.118 e. The Labute approximate surface area is 109 Å². The van der Waals surface area contributed by atoms with Crippen molar-refractivity contribution >= 4 is 0 Å². The summed E-state index contributed by atoms with van der Waals surface area (Å²) in [6.07, 6.45) is 0.589. The van der Waals surface area contributed by atoms with E-state index >= 15 is 0 Å². The van der Waals surface area contributed by atoms with Crippen molar-refractivity contribution in [2.24, 2.45) is 0 Å². The summed E-state index contributed by atoms with van der Waals surface area (Å²) in [7, 11) is 0. The highest BCUT2D eigenvalue weighted by atomic mass is 16.3. The summed E-state index contributed by atoms with van der Waals surface area (Å²) in [5.74, 6) is 0.552. The molecule has 3 N–H and O–H groups in total.